The zero-order chi connectivity index (χ0) is 22.5. The number of para-hydroxylation sites is 1. The van der Waals surface area contributed by atoms with E-state index in [1.165, 1.54) is 0 Å². The number of rotatable bonds is 7. The summed E-state index contributed by atoms with van der Waals surface area (Å²) in [6, 6.07) is 22.2. The van der Waals surface area contributed by atoms with Crippen molar-refractivity contribution in [2.24, 2.45) is 0 Å². The highest BCUT2D eigenvalue weighted by Crippen LogP contribution is 2.34. The van der Waals surface area contributed by atoms with E-state index in [0.29, 0.717) is 13.0 Å². The van der Waals surface area contributed by atoms with E-state index in [2.05, 4.69) is 16.7 Å². The van der Waals surface area contributed by atoms with Gasteiger partial charge in [-0.05, 0) is 49.7 Å². The Hall–Kier alpha value is -3.80. The molecule has 0 aliphatic heterocycles. The molecular formula is C26H27N3O3. The van der Waals surface area contributed by atoms with Crippen LogP contribution in [0.4, 0.5) is 16.2 Å². The van der Waals surface area contributed by atoms with Crippen LogP contribution in [0.3, 0.4) is 0 Å². The maximum absolute atomic E-state index is 11.6. The number of ether oxygens (including phenoxy) is 2. The van der Waals surface area contributed by atoms with E-state index >= 15 is 0 Å². The molecule has 1 amide bonds. The van der Waals surface area contributed by atoms with Crippen LogP contribution in [0.25, 0.3) is 21.8 Å². The molecule has 0 aliphatic carbocycles. The lowest BCUT2D eigenvalue weighted by atomic mass is 10.1. The van der Waals surface area contributed by atoms with Gasteiger partial charge in [0.1, 0.15) is 5.75 Å². The van der Waals surface area contributed by atoms with Gasteiger partial charge in [0.15, 0.2) is 0 Å². The summed E-state index contributed by atoms with van der Waals surface area (Å²) in [7, 11) is 1.66. The topological polar surface area (TPSA) is 72.5 Å². The fraction of sp³-hybridized carbons (Fsp3) is 0.231. The number of carbonyl (C=O) groups is 1. The Morgan fingerprint density at radius 1 is 0.969 bits per heavy atom. The Balaban J connectivity index is 1.54. The number of nitrogens with zero attached hydrogens (tertiary/aromatic N) is 1. The standard InChI is InChI=1S/C26H27N3O3/c1-17(2)27-26(30)32-15-14-18-8-10-19(11-9-18)28-25-21-6-4-5-7-23(21)29-24-16-20(31-3)12-13-22(24)25/h4-13,16-17H,14-15H2,1-3H3,(H,27,30)(H,28,29). The highest BCUT2D eigenvalue weighted by molar-refractivity contribution is 6.08. The summed E-state index contributed by atoms with van der Waals surface area (Å²) in [6.07, 6.45) is 0.276. The van der Waals surface area contributed by atoms with E-state index in [0.717, 1.165) is 44.5 Å². The average molecular weight is 430 g/mol. The van der Waals surface area contributed by atoms with Crippen LogP contribution in [0.2, 0.25) is 0 Å². The average Bonchev–Trinajstić information content (AvgIpc) is 2.79. The highest BCUT2D eigenvalue weighted by Gasteiger charge is 2.11. The monoisotopic (exact) mass is 429 g/mol. The molecule has 6 nitrogen and oxygen atoms in total. The molecule has 0 aliphatic rings. The van der Waals surface area contributed by atoms with Gasteiger partial charge in [-0.3, -0.25) is 0 Å². The largest absolute Gasteiger partial charge is 0.497 e. The molecule has 2 N–H and O–H groups in total. The molecule has 4 rings (SSSR count). The number of aromatic nitrogens is 1. The van der Waals surface area contributed by atoms with E-state index in [-0.39, 0.29) is 12.1 Å². The summed E-state index contributed by atoms with van der Waals surface area (Å²) in [5, 5.41) is 8.37. The molecule has 0 saturated heterocycles. The van der Waals surface area contributed by atoms with Gasteiger partial charge in [0, 0.05) is 35.0 Å². The number of alkyl carbamates (subject to hydrolysis) is 1. The molecule has 0 spiro atoms. The number of carbonyl (C=O) groups excluding carboxylic acids is 1. The summed E-state index contributed by atoms with van der Waals surface area (Å²) >= 11 is 0. The zero-order valence-corrected chi connectivity index (χ0v) is 18.5. The van der Waals surface area contributed by atoms with Crippen LogP contribution in [-0.2, 0) is 11.2 Å². The number of benzene rings is 3. The molecule has 0 radical (unpaired) electrons. The first-order chi connectivity index (χ1) is 15.5. The van der Waals surface area contributed by atoms with Gasteiger partial charge in [-0.2, -0.15) is 0 Å². The highest BCUT2D eigenvalue weighted by atomic mass is 16.5. The Bertz CT molecular complexity index is 1240. The number of anilines is 2. The van der Waals surface area contributed by atoms with Gasteiger partial charge in [-0.25, -0.2) is 9.78 Å². The van der Waals surface area contributed by atoms with Crippen molar-refractivity contribution >= 4 is 39.3 Å². The van der Waals surface area contributed by atoms with E-state index in [9.17, 15) is 4.79 Å². The molecule has 0 saturated carbocycles. The van der Waals surface area contributed by atoms with Crippen molar-refractivity contribution < 1.29 is 14.3 Å². The molecule has 164 valence electrons. The molecule has 6 heteroatoms. The second kappa shape index (κ2) is 9.56. The predicted molar refractivity (Wildman–Crippen MR) is 129 cm³/mol. The van der Waals surface area contributed by atoms with Gasteiger partial charge in [-0.1, -0.05) is 30.3 Å². The van der Waals surface area contributed by atoms with Crippen LogP contribution in [0.5, 0.6) is 5.75 Å². The molecule has 1 heterocycles. The predicted octanol–water partition coefficient (Wildman–Crippen LogP) is 5.82. The lowest BCUT2D eigenvalue weighted by Gasteiger charge is -2.14. The van der Waals surface area contributed by atoms with E-state index in [1.54, 1.807) is 7.11 Å². The van der Waals surface area contributed by atoms with Crippen LogP contribution in [-0.4, -0.2) is 30.8 Å². The zero-order valence-electron chi connectivity index (χ0n) is 18.5. The number of amides is 1. The van der Waals surface area contributed by atoms with Crippen molar-refractivity contribution in [3.63, 3.8) is 0 Å². The number of fused-ring (bicyclic) bond motifs is 2. The van der Waals surface area contributed by atoms with Crippen LogP contribution in [0.15, 0.2) is 66.7 Å². The Morgan fingerprint density at radius 3 is 2.47 bits per heavy atom. The van der Waals surface area contributed by atoms with E-state index < -0.39 is 0 Å². The summed E-state index contributed by atoms with van der Waals surface area (Å²) < 4.78 is 10.6. The second-order valence-electron chi connectivity index (χ2n) is 7.89. The minimum Gasteiger partial charge on any atom is -0.497 e. The summed E-state index contributed by atoms with van der Waals surface area (Å²) in [4.78, 5) is 16.4. The maximum atomic E-state index is 11.6. The number of nitrogens with one attached hydrogen (secondary N) is 2. The number of hydrogen-bond donors (Lipinski definition) is 2. The first kappa shape index (κ1) is 21.4. The van der Waals surface area contributed by atoms with Crippen molar-refractivity contribution in [1.29, 1.82) is 0 Å². The third-order valence-electron chi connectivity index (χ3n) is 5.14. The van der Waals surface area contributed by atoms with Gasteiger partial charge >= 0.3 is 6.09 Å². The molecule has 0 fully saturated rings. The van der Waals surface area contributed by atoms with Crippen LogP contribution in [0.1, 0.15) is 19.4 Å². The molecule has 0 bridgehead atoms. The Kier molecular flexibility index (Phi) is 6.40. The van der Waals surface area contributed by atoms with Gasteiger partial charge in [-0.15, -0.1) is 0 Å². The molecule has 32 heavy (non-hydrogen) atoms. The smallest absolute Gasteiger partial charge is 0.407 e. The van der Waals surface area contributed by atoms with Gasteiger partial charge < -0.3 is 20.1 Å². The third-order valence-corrected chi connectivity index (χ3v) is 5.14. The lowest BCUT2D eigenvalue weighted by Crippen LogP contribution is -2.31. The molecule has 1 aromatic heterocycles. The summed E-state index contributed by atoms with van der Waals surface area (Å²) in [6.45, 7) is 4.14. The first-order valence-electron chi connectivity index (χ1n) is 10.7. The third kappa shape index (κ3) is 4.91. The maximum Gasteiger partial charge on any atom is 0.407 e. The second-order valence-corrected chi connectivity index (χ2v) is 7.89. The van der Waals surface area contributed by atoms with Crippen molar-refractivity contribution in [2.45, 2.75) is 26.3 Å². The van der Waals surface area contributed by atoms with E-state index in [1.807, 2.05) is 74.5 Å². The van der Waals surface area contributed by atoms with Crippen molar-refractivity contribution in [3.05, 3.63) is 72.3 Å². The lowest BCUT2D eigenvalue weighted by molar-refractivity contribution is 0.145. The Morgan fingerprint density at radius 2 is 1.72 bits per heavy atom. The van der Waals surface area contributed by atoms with Crippen LogP contribution >= 0.6 is 0 Å². The quantitative estimate of drug-likeness (QED) is 0.362. The summed E-state index contributed by atoms with van der Waals surface area (Å²) in [5.74, 6) is 0.778. The minimum absolute atomic E-state index is 0.0642. The van der Waals surface area contributed by atoms with Crippen molar-refractivity contribution in [2.75, 3.05) is 19.0 Å². The fourth-order valence-electron chi connectivity index (χ4n) is 3.57. The van der Waals surface area contributed by atoms with Gasteiger partial charge in [0.25, 0.3) is 0 Å². The number of pyridine rings is 1. The minimum atomic E-state index is -0.383. The molecule has 0 atom stereocenters. The first-order valence-corrected chi connectivity index (χ1v) is 10.7. The summed E-state index contributed by atoms with van der Waals surface area (Å²) in [5.41, 5.74) is 4.88. The van der Waals surface area contributed by atoms with Gasteiger partial charge in [0.05, 0.1) is 30.4 Å². The van der Waals surface area contributed by atoms with Crippen molar-refractivity contribution in [3.8, 4) is 5.75 Å². The number of methoxy groups -OCH3 is 1. The van der Waals surface area contributed by atoms with Gasteiger partial charge in [0.2, 0.25) is 0 Å². The molecule has 4 aromatic rings. The van der Waals surface area contributed by atoms with Crippen molar-refractivity contribution in [1.82, 2.24) is 10.3 Å². The van der Waals surface area contributed by atoms with E-state index in [4.69, 9.17) is 14.5 Å². The molecular weight excluding hydrogens is 402 g/mol. The fourth-order valence-corrected chi connectivity index (χ4v) is 3.57. The Labute approximate surface area is 187 Å². The SMILES string of the molecule is COc1ccc2c(Nc3ccc(CCOC(=O)NC(C)C)cc3)c3ccccc3nc2c1. The van der Waals surface area contributed by atoms with Crippen LogP contribution < -0.4 is 15.4 Å². The van der Waals surface area contributed by atoms with Crippen LogP contribution in [0, 0.1) is 0 Å². The molecule has 3 aromatic carbocycles. The molecule has 0 unspecified atom stereocenters. The number of hydrogen-bond acceptors (Lipinski definition) is 5. The normalized spacial score (nSPS) is 11.0.